The predicted molar refractivity (Wildman–Crippen MR) is 136 cm³/mol. The first-order valence-corrected chi connectivity index (χ1v) is 13.1. The van der Waals surface area contributed by atoms with E-state index in [4.69, 9.17) is 9.47 Å². The molecule has 0 aliphatic rings. The molecule has 0 saturated heterocycles. The van der Waals surface area contributed by atoms with E-state index in [1.54, 1.807) is 48.5 Å². The predicted octanol–water partition coefficient (Wildman–Crippen LogP) is 4.76. The van der Waals surface area contributed by atoms with Crippen molar-refractivity contribution >= 4 is 37.5 Å². The third kappa shape index (κ3) is 6.51. The summed E-state index contributed by atoms with van der Waals surface area (Å²) in [6.07, 6.45) is 0. The van der Waals surface area contributed by atoms with E-state index in [-0.39, 0.29) is 18.0 Å². The summed E-state index contributed by atoms with van der Waals surface area (Å²) in [5, 5.41) is 2.81. The monoisotopic (exact) mass is 546 g/mol. The number of rotatable bonds is 11. The number of halogens is 1. The van der Waals surface area contributed by atoms with E-state index in [0.717, 1.165) is 9.87 Å². The maximum atomic E-state index is 13.4. The number of hydrogen-bond donors (Lipinski definition) is 1. The van der Waals surface area contributed by atoms with E-state index < -0.39 is 15.9 Å². The van der Waals surface area contributed by atoms with E-state index in [0.29, 0.717) is 34.9 Å². The van der Waals surface area contributed by atoms with E-state index in [2.05, 4.69) is 21.2 Å². The molecule has 34 heavy (non-hydrogen) atoms. The Morgan fingerprint density at radius 1 is 0.912 bits per heavy atom. The van der Waals surface area contributed by atoms with Gasteiger partial charge in [0.25, 0.3) is 10.0 Å². The Morgan fingerprint density at radius 2 is 1.62 bits per heavy atom. The summed E-state index contributed by atoms with van der Waals surface area (Å²) < 4.78 is 39.8. The molecule has 0 saturated carbocycles. The molecule has 3 rings (SSSR count). The summed E-state index contributed by atoms with van der Waals surface area (Å²) in [5.41, 5.74) is 1.19. The minimum atomic E-state index is -3.96. The van der Waals surface area contributed by atoms with Crippen molar-refractivity contribution in [3.8, 4) is 11.5 Å². The minimum Gasteiger partial charge on any atom is -0.490 e. The highest BCUT2D eigenvalue weighted by Gasteiger charge is 2.27. The molecule has 180 valence electrons. The van der Waals surface area contributed by atoms with Crippen LogP contribution < -0.4 is 19.1 Å². The second-order valence-corrected chi connectivity index (χ2v) is 10.0. The van der Waals surface area contributed by atoms with E-state index in [1.807, 2.05) is 26.0 Å². The number of anilines is 1. The molecule has 3 aromatic rings. The lowest BCUT2D eigenvalue weighted by atomic mass is 10.2. The number of nitrogens with one attached hydrogen (secondary N) is 1. The molecule has 0 aliphatic carbocycles. The number of benzene rings is 3. The second kappa shape index (κ2) is 11.9. The van der Waals surface area contributed by atoms with Crippen LogP contribution in [0.2, 0.25) is 0 Å². The Bertz CT molecular complexity index is 1220. The van der Waals surface area contributed by atoms with Gasteiger partial charge in [-0.2, -0.15) is 0 Å². The van der Waals surface area contributed by atoms with Gasteiger partial charge in [0.2, 0.25) is 5.91 Å². The highest BCUT2D eigenvalue weighted by Crippen LogP contribution is 2.29. The molecule has 1 N–H and O–H groups in total. The average molecular weight is 547 g/mol. The van der Waals surface area contributed by atoms with Crippen molar-refractivity contribution in [3.63, 3.8) is 0 Å². The van der Waals surface area contributed by atoms with Gasteiger partial charge in [-0.1, -0.05) is 46.3 Å². The zero-order chi connectivity index (χ0) is 24.6. The van der Waals surface area contributed by atoms with Crippen molar-refractivity contribution in [1.29, 1.82) is 0 Å². The zero-order valence-corrected chi connectivity index (χ0v) is 21.4. The fourth-order valence-corrected chi connectivity index (χ4v) is 5.08. The van der Waals surface area contributed by atoms with E-state index in [9.17, 15) is 13.2 Å². The molecule has 0 unspecified atom stereocenters. The molecule has 0 fully saturated rings. The first kappa shape index (κ1) is 25.6. The Labute approximate surface area is 208 Å². The molecule has 0 aliphatic heterocycles. The lowest BCUT2D eigenvalue weighted by molar-refractivity contribution is -0.119. The topological polar surface area (TPSA) is 84.9 Å². The molecule has 0 bridgehead atoms. The van der Waals surface area contributed by atoms with Gasteiger partial charge in [-0.3, -0.25) is 9.10 Å². The van der Waals surface area contributed by atoms with Gasteiger partial charge in [0.15, 0.2) is 11.5 Å². The van der Waals surface area contributed by atoms with Crippen LogP contribution in [0.4, 0.5) is 5.69 Å². The highest BCUT2D eigenvalue weighted by molar-refractivity contribution is 9.10. The third-order valence-electron chi connectivity index (χ3n) is 4.81. The Hall–Kier alpha value is -3.04. The first-order chi connectivity index (χ1) is 16.3. The molecule has 0 radical (unpaired) electrons. The smallest absolute Gasteiger partial charge is 0.264 e. The Kier molecular flexibility index (Phi) is 8.95. The zero-order valence-electron chi connectivity index (χ0n) is 19.0. The summed E-state index contributed by atoms with van der Waals surface area (Å²) in [5.74, 6) is 0.791. The molecule has 9 heteroatoms. The Morgan fingerprint density at radius 3 is 2.29 bits per heavy atom. The lowest BCUT2D eigenvalue weighted by Crippen LogP contribution is -2.40. The average Bonchev–Trinajstić information content (AvgIpc) is 2.83. The van der Waals surface area contributed by atoms with Crippen molar-refractivity contribution in [1.82, 2.24) is 5.32 Å². The molecular weight excluding hydrogens is 520 g/mol. The summed E-state index contributed by atoms with van der Waals surface area (Å²) in [6, 6.07) is 20.3. The van der Waals surface area contributed by atoms with Gasteiger partial charge in [0.05, 0.1) is 23.8 Å². The third-order valence-corrected chi connectivity index (χ3v) is 7.09. The van der Waals surface area contributed by atoms with Gasteiger partial charge in [0, 0.05) is 11.0 Å². The van der Waals surface area contributed by atoms with Crippen molar-refractivity contribution in [2.75, 3.05) is 24.1 Å². The van der Waals surface area contributed by atoms with Crippen LogP contribution in [-0.4, -0.2) is 34.1 Å². The minimum absolute atomic E-state index is 0.107. The number of hydrogen-bond acceptors (Lipinski definition) is 5. The van der Waals surface area contributed by atoms with Crippen LogP contribution >= 0.6 is 15.9 Å². The number of ether oxygens (including phenoxy) is 2. The highest BCUT2D eigenvalue weighted by atomic mass is 79.9. The number of carbonyl (C=O) groups is 1. The molecule has 1 amide bonds. The van der Waals surface area contributed by atoms with Crippen molar-refractivity contribution in [2.45, 2.75) is 25.3 Å². The molecule has 0 atom stereocenters. The number of sulfonamides is 1. The largest absolute Gasteiger partial charge is 0.490 e. The van der Waals surface area contributed by atoms with Crippen molar-refractivity contribution in [3.05, 3.63) is 82.8 Å². The van der Waals surface area contributed by atoms with Gasteiger partial charge in [-0.25, -0.2) is 8.42 Å². The quantitative estimate of drug-likeness (QED) is 0.374. The van der Waals surface area contributed by atoms with Crippen LogP contribution in [0, 0.1) is 0 Å². The summed E-state index contributed by atoms with van der Waals surface area (Å²) in [4.78, 5) is 13.0. The molecule has 7 nitrogen and oxygen atoms in total. The van der Waals surface area contributed by atoms with Crippen LogP contribution in [0.3, 0.4) is 0 Å². The fraction of sp³-hybridized carbons (Fsp3) is 0.240. The van der Waals surface area contributed by atoms with Gasteiger partial charge >= 0.3 is 0 Å². The van der Waals surface area contributed by atoms with Crippen LogP contribution in [0.25, 0.3) is 0 Å². The van der Waals surface area contributed by atoms with Crippen LogP contribution in [-0.2, 0) is 21.4 Å². The van der Waals surface area contributed by atoms with Gasteiger partial charge in [0.1, 0.15) is 6.54 Å². The summed E-state index contributed by atoms with van der Waals surface area (Å²) >= 11 is 3.37. The molecule has 0 aromatic heterocycles. The normalized spacial score (nSPS) is 11.0. The maximum Gasteiger partial charge on any atom is 0.264 e. The number of nitrogens with zero attached hydrogens (tertiary/aromatic N) is 1. The second-order valence-electron chi connectivity index (χ2n) is 7.23. The van der Waals surface area contributed by atoms with Crippen LogP contribution in [0.5, 0.6) is 11.5 Å². The molecular formula is C25H27BrN2O5S. The summed E-state index contributed by atoms with van der Waals surface area (Å²) in [6.45, 7) is 4.61. The summed E-state index contributed by atoms with van der Waals surface area (Å²) in [7, 11) is -3.96. The van der Waals surface area contributed by atoms with E-state index in [1.165, 1.54) is 12.1 Å². The fourth-order valence-electron chi connectivity index (χ4n) is 3.26. The molecule has 0 spiro atoms. The van der Waals surface area contributed by atoms with Crippen molar-refractivity contribution < 1.29 is 22.7 Å². The van der Waals surface area contributed by atoms with Gasteiger partial charge in [-0.15, -0.1) is 0 Å². The van der Waals surface area contributed by atoms with Crippen LogP contribution in [0.1, 0.15) is 19.4 Å². The Balaban J connectivity index is 1.79. The molecule has 0 heterocycles. The molecule has 3 aromatic carbocycles. The number of carbonyl (C=O) groups excluding carboxylic acids is 1. The van der Waals surface area contributed by atoms with Gasteiger partial charge < -0.3 is 14.8 Å². The number of amides is 1. The van der Waals surface area contributed by atoms with E-state index >= 15 is 0 Å². The van der Waals surface area contributed by atoms with Crippen LogP contribution in [0.15, 0.2) is 82.2 Å². The lowest BCUT2D eigenvalue weighted by Gasteiger charge is -2.24. The van der Waals surface area contributed by atoms with Crippen molar-refractivity contribution in [2.24, 2.45) is 0 Å². The SMILES string of the molecule is CCOc1ccc(CNC(=O)CN(c2cccc(Br)c2)S(=O)(=O)c2ccccc2)cc1OCC. The standard InChI is InChI=1S/C25H27BrN2O5S/c1-3-32-23-14-13-19(15-24(23)33-4-2)17-27-25(29)18-28(21-10-8-9-20(26)16-21)34(30,31)22-11-6-5-7-12-22/h5-16H,3-4,17-18H2,1-2H3,(H,27,29). The first-order valence-electron chi connectivity index (χ1n) is 10.8. The van der Waals surface area contributed by atoms with Gasteiger partial charge in [-0.05, 0) is 61.9 Å². The maximum absolute atomic E-state index is 13.4.